The maximum absolute atomic E-state index is 11.6. The van der Waals surface area contributed by atoms with E-state index >= 15 is 0 Å². The van der Waals surface area contributed by atoms with Gasteiger partial charge >= 0.3 is 18.5 Å². The quantitative estimate of drug-likeness (QED) is 0.441. The largest absolute Gasteiger partial charge is 0.518 e. The van der Waals surface area contributed by atoms with Crippen LogP contribution in [0.5, 0.6) is 0 Å². The molecule has 0 spiro atoms. The molecule has 0 N–H and O–H groups in total. The number of allylic oxidation sites excluding steroid dienone is 2. The molecule has 0 atom stereocenters. The Hall–Kier alpha value is -1.67. The monoisotopic (exact) mass is 278 g/mol. The van der Waals surface area contributed by atoms with Crippen LogP contribution in [-0.2, 0) is 9.47 Å². The SMILES string of the molecule is O=C(OC=CCC(F)(F)F)OC=CCC(F)(F)F. The highest BCUT2D eigenvalue weighted by Gasteiger charge is 2.25. The van der Waals surface area contributed by atoms with Gasteiger partial charge in [-0.3, -0.25) is 0 Å². The summed E-state index contributed by atoms with van der Waals surface area (Å²) < 4.78 is 77.6. The highest BCUT2D eigenvalue weighted by atomic mass is 19.4. The molecule has 0 aromatic rings. The second kappa shape index (κ2) is 6.92. The lowest BCUT2D eigenvalue weighted by atomic mass is 10.4. The van der Waals surface area contributed by atoms with E-state index in [0.717, 1.165) is 0 Å². The molecule has 0 rings (SSSR count). The van der Waals surface area contributed by atoms with Gasteiger partial charge in [-0.05, 0) is 12.2 Å². The minimum atomic E-state index is -4.43. The Kier molecular flexibility index (Phi) is 6.28. The Morgan fingerprint density at radius 3 is 1.44 bits per heavy atom. The molecule has 0 aliphatic heterocycles. The third-order valence-electron chi connectivity index (χ3n) is 1.22. The van der Waals surface area contributed by atoms with E-state index in [-0.39, 0.29) is 0 Å². The fourth-order valence-corrected chi connectivity index (χ4v) is 0.599. The molecule has 0 heterocycles. The van der Waals surface area contributed by atoms with Gasteiger partial charge in [0.15, 0.2) is 0 Å². The molecule has 0 saturated heterocycles. The van der Waals surface area contributed by atoms with E-state index in [4.69, 9.17) is 0 Å². The van der Waals surface area contributed by atoms with E-state index in [1.165, 1.54) is 0 Å². The van der Waals surface area contributed by atoms with Crippen molar-refractivity contribution < 1.29 is 40.6 Å². The van der Waals surface area contributed by atoms with Crippen LogP contribution in [0.4, 0.5) is 31.1 Å². The van der Waals surface area contributed by atoms with Gasteiger partial charge in [0.25, 0.3) is 0 Å². The van der Waals surface area contributed by atoms with E-state index in [0.29, 0.717) is 24.7 Å². The third-order valence-corrected chi connectivity index (χ3v) is 1.22. The molecule has 0 aromatic heterocycles. The normalized spacial score (nSPS) is 13.2. The molecule has 18 heavy (non-hydrogen) atoms. The topological polar surface area (TPSA) is 35.5 Å². The van der Waals surface area contributed by atoms with Gasteiger partial charge in [-0.1, -0.05) is 0 Å². The van der Waals surface area contributed by atoms with Gasteiger partial charge in [0.05, 0.1) is 25.4 Å². The predicted octanol–water partition coefficient (Wildman–Crippen LogP) is 4.07. The number of alkyl halides is 6. The second-order valence-electron chi connectivity index (χ2n) is 2.87. The maximum Gasteiger partial charge on any atom is 0.518 e. The second-order valence-corrected chi connectivity index (χ2v) is 2.87. The molecule has 9 heteroatoms. The first-order chi connectivity index (χ1) is 8.10. The van der Waals surface area contributed by atoms with Crippen molar-refractivity contribution in [2.45, 2.75) is 25.2 Å². The van der Waals surface area contributed by atoms with Crippen LogP contribution in [0.2, 0.25) is 0 Å². The first kappa shape index (κ1) is 16.3. The Bertz CT molecular complexity index is 285. The van der Waals surface area contributed by atoms with Crippen LogP contribution >= 0.6 is 0 Å². The summed E-state index contributed by atoms with van der Waals surface area (Å²) in [5.74, 6) is 0. The highest BCUT2D eigenvalue weighted by Crippen LogP contribution is 2.20. The van der Waals surface area contributed by atoms with Gasteiger partial charge in [-0.2, -0.15) is 26.3 Å². The van der Waals surface area contributed by atoms with Gasteiger partial charge in [-0.25, -0.2) is 4.79 Å². The van der Waals surface area contributed by atoms with Crippen LogP contribution in [-0.4, -0.2) is 18.5 Å². The van der Waals surface area contributed by atoms with Crippen molar-refractivity contribution in [2.75, 3.05) is 0 Å². The first-order valence-corrected chi connectivity index (χ1v) is 4.41. The van der Waals surface area contributed by atoms with Crippen molar-refractivity contribution in [1.29, 1.82) is 0 Å². The zero-order valence-electron chi connectivity index (χ0n) is 8.72. The van der Waals surface area contributed by atoms with Crippen LogP contribution in [0.15, 0.2) is 24.7 Å². The summed E-state index contributed by atoms with van der Waals surface area (Å²) in [7, 11) is 0. The average molecular weight is 278 g/mol. The van der Waals surface area contributed by atoms with Gasteiger partial charge in [-0.15, -0.1) is 0 Å². The van der Waals surface area contributed by atoms with Crippen molar-refractivity contribution in [3.05, 3.63) is 24.7 Å². The van der Waals surface area contributed by atoms with Crippen molar-refractivity contribution in [3.8, 4) is 0 Å². The number of ether oxygens (including phenoxy) is 2. The highest BCUT2D eigenvalue weighted by molar-refractivity contribution is 5.61. The van der Waals surface area contributed by atoms with Crippen LogP contribution in [0, 0.1) is 0 Å². The number of hydrogen-bond acceptors (Lipinski definition) is 3. The van der Waals surface area contributed by atoms with Crippen molar-refractivity contribution in [1.82, 2.24) is 0 Å². The number of carbonyl (C=O) groups excluding carboxylic acids is 1. The lowest BCUT2D eigenvalue weighted by Gasteiger charge is -2.01. The van der Waals surface area contributed by atoms with Crippen LogP contribution < -0.4 is 0 Å². The van der Waals surface area contributed by atoms with Crippen LogP contribution in [0.1, 0.15) is 12.8 Å². The van der Waals surface area contributed by atoms with E-state index in [1.54, 1.807) is 0 Å². The molecular formula is C9H8F6O3. The van der Waals surface area contributed by atoms with E-state index < -0.39 is 31.3 Å². The molecule has 3 nitrogen and oxygen atoms in total. The summed E-state index contributed by atoms with van der Waals surface area (Å²) in [5, 5.41) is 0. The summed E-state index contributed by atoms with van der Waals surface area (Å²) in [4.78, 5) is 10.6. The Morgan fingerprint density at radius 1 is 0.833 bits per heavy atom. The fourth-order valence-electron chi connectivity index (χ4n) is 0.599. The van der Waals surface area contributed by atoms with Gasteiger partial charge in [0.1, 0.15) is 0 Å². The molecule has 0 aliphatic carbocycles. The van der Waals surface area contributed by atoms with E-state index in [9.17, 15) is 31.1 Å². The molecule has 0 amide bonds. The zero-order valence-corrected chi connectivity index (χ0v) is 8.72. The smallest absolute Gasteiger partial charge is 0.403 e. The lowest BCUT2D eigenvalue weighted by Crippen LogP contribution is -2.05. The van der Waals surface area contributed by atoms with Gasteiger partial charge < -0.3 is 9.47 Å². The summed E-state index contributed by atoms with van der Waals surface area (Å²) in [5.41, 5.74) is 0. The molecule has 104 valence electrons. The van der Waals surface area contributed by atoms with E-state index in [2.05, 4.69) is 9.47 Å². The minimum absolute atomic E-state index is 0.438. The van der Waals surface area contributed by atoms with Gasteiger partial charge in [0, 0.05) is 0 Å². The number of hydrogen-bond donors (Lipinski definition) is 0. The molecular weight excluding hydrogens is 270 g/mol. The summed E-state index contributed by atoms with van der Waals surface area (Å²) >= 11 is 0. The van der Waals surface area contributed by atoms with Crippen LogP contribution in [0.3, 0.4) is 0 Å². The number of rotatable bonds is 4. The molecule has 0 unspecified atom stereocenters. The minimum Gasteiger partial charge on any atom is -0.403 e. The summed E-state index contributed by atoms with van der Waals surface area (Å²) in [6.07, 6.45) is -11.0. The third kappa shape index (κ3) is 12.4. The van der Waals surface area contributed by atoms with Crippen molar-refractivity contribution >= 4 is 6.16 Å². The molecule has 0 fully saturated rings. The Morgan fingerprint density at radius 2 is 1.17 bits per heavy atom. The first-order valence-electron chi connectivity index (χ1n) is 4.41. The predicted molar refractivity (Wildman–Crippen MR) is 47.2 cm³/mol. The van der Waals surface area contributed by atoms with Gasteiger partial charge in [0.2, 0.25) is 0 Å². The maximum atomic E-state index is 11.6. The molecule has 0 aromatic carbocycles. The fraction of sp³-hybridized carbons (Fsp3) is 0.444. The standard InChI is InChI=1S/C9H8F6O3/c10-8(11,12)3-1-5-17-7(16)18-6-2-4-9(13,14)15/h1-2,5-6H,3-4H2. The van der Waals surface area contributed by atoms with E-state index in [1.807, 2.05) is 0 Å². The molecule has 0 saturated carbocycles. The molecule has 0 aliphatic rings. The number of halogens is 6. The summed E-state index contributed by atoms with van der Waals surface area (Å²) in [6, 6.07) is 0. The zero-order chi connectivity index (χ0) is 14.2. The lowest BCUT2D eigenvalue weighted by molar-refractivity contribution is -0.126. The molecule has 0 bridgehead atoms. The number of carbonyl (C=O) groups is 1. The average Bonchev–Trinajstić information content (AvgIpc) is 2.17. The Balaban J connectivity index is 3.79. The summed E-state index contributed by atoms with van der Waals surface area (Å²) in [6.45, 7) is 0. The Labute approximate surface area is 97.7 Å². The van der Waals surface area contributed by atoms with Crippen molar-refractivity contribution in [2.24, 2.45) is 0 Å². The van der Waals surface area contributed by atoms with Crippen molar-refractivity contribution in [3.63, 3.8) is 0 Å². The molecule has 0 radical (unpaired) electrons. The van der Waals surface area contributed by atoms with Crippen LogP contribution in [0.25, 0.3) is 0 Å².